The lowest BCUT2D eigenvalue weighted by molar-refractivity contribution is -0.136. The second-order valence-electron chi connectivity index (χ2n) is 7.50. The van der Waals surface area contributed by atoms with E-state index >= 15 is 0 Å². The lowest BCUT2D eigenvalue weighted by atomic mass is 9.91. The molecule has 3 rings (SSSR count). The van der Waals surface area contributed by atoms with Crippen LogP contribution in [-0.4, -0.2) is 47.7 Å². The minimum Gasteiger partial charge on any atom is -0.366 e. The summed E-state index contributed by atoms with van der Waals surface area (Å²) < 4.78 is 0. The van der Waals surface area contributed by atoms with E-state index in [4.69, 9.17) is 0 Å². The normalized spacial score (nSPS) is 23.7. The van der Waals surface area contributed by atoms with E-state index in [1.165, 1.54) is 18.9 Å². The standard InChI is InChI=1S/C20H25N3O3/c1-12-9-13(2)11-23(10-12)18-17(19(25)22(4)20(18)26)15-5-7-16(8-6-15)21-14(3)24/h5-8,12-13H,9-11H2,1-4H3,(H,21,24). The molecule has 6 nitrogen and oxygen atoms in total. The number of benzene rings is 1. The van der Waals surface area contributed by atoms with Gasteiger partial charge in [0.05, 0.1) is 5.57 Å². The minimum atomic E-state index is -0.275. The topological polar surface area (TPSA) is 69.7 Å². The van der Waals surface area contributed by atoms with Gasteiger partial charge in [-0.1, -0.05) is 26.0 Å². The molecule has 1 fully saturated rings. The molecule has 2 heterocycles. The van der Waals surface area contributed by atoms with Gasteiger partial charge in [-0.3, -0.25) is 19.3 Å². The van der Waals surface area contributed by atoms with Gasteiger partial charge in [0, 0.05) is 32.7 Å². The van der Waals surface area contributed by atoms with Crippen molar-refractivity contribution in [1.82, 2.24) is 9.80 Å². The maximum Gasteiger partial charge on any atom is 0.277 e. The number of nitrogens with one attached hydrogen (secondary N) is 1. The molecule has 1 saturated heterocycles. The smallest absolute Gasteiger partial charge is 0.277 e. The summed E-state index contributed by atoms with van der Waals surface area (Å²) in [5.41, 5.74) is 2.31. The van der Waals surface area contributed by atoms with Crippen LogP contribution in [0.25, 0.3) is 5.57 Å². The second-order valence-corrected chi connectivity index (χ2v) is 7.50. The highest BCUT2D eigenvalue weighted by Gasteiger charge is 2.40. The van der Waals surface area contributed by atoms with E-state index in [9.17, 15) is 14.4 Å². The fraction of sp³-hybridized carbons (Fsp3) is 0.450. The number of carbonyl (C=O) groups excluding carboxylic acids is 3. The van der Waals surface area contributed by atoms with E-state index < -0.39 is 0 Å². The Morgan fingerprint density at radius 2 is 1.62 bits per heavy atom. The van der Waals surface area contributed by atoms with Crippen molar-refractivity contribution < 1.29 is 14.4 Å². The summed E-state index contributed by atoms with van der Waals surface area (Å²) in [6, 6.07) is 7.06. The molecule has 26 heavy (non-hydrogen) atoms. The summed E-state index contributed by atoms with van der Waals surface area (Å²) in [6.45, 7) is 7.35. The van der Waals surface area contributed by atoms with Gasteiger partial charge >= 0.3 is 0 Å². The third-order valence-electron chi connectivity index (χ3n) is 4.94. The van der Waals surface area contributed by atoms with Crippen molar-refractivity contribution >= 4 is 29.0 Å². The Morgan fingerprint density at radius 1 is 1.04 bits per heavy atom. The van der Waals surface area contributed by atoms with Gasteiger partial charge in [-0.25, -0.2) is 0 Å². The Morgan fingerprint density at radius 3 is 2.15 bits per heavy atom. The van der Waals surface area contributed by atoms with Crippen molar-refractivity contribution in [3.05, 3.63) is 35.5 Å². The third-order valence-corrected chi connectivity index (χ3v) is 4.94. The van der Waals surface area contributed by atoms with Crippen molar-refractivity contribution in [2.45, 2.75) is 27.2 Å². The number of imide groups is 1. The number of hydrogen-bond acceptors (Lipinski definition) is 4. The Hall–Kier alpha value is -2.63. The summed E-state index contributed by atoms with van der Waals surface area (Å²) in [4.78, 5) is 40.0. The fourth-order valence-electron chi connectivity index (χ4n) is 3.95. The predicted octanol–water partition coefficient (Wildman–Crippen LogP) is 2.33. The zero-order valence-corrected chi connectivity index (χ0v) is 15.7. The molecule has 138 valence electrons. The van der Waals surface area contributed by atoms with E-state index in [0.29, 0.717) is 34.4 Å². The molecule has 0 spiro atoms. The van der Waals surface area contributed by atoms with Crippen molar-refractivity contribution in [2.75, 3.05) is 25.5 Å². The lowest BCUT2D eigenvalue weighted by Gasteiger charge is -2.37. The number of amides is 3. The van der Waals surface area contributed by atoms with Gasteiger partial charge < -0.3 is 10.2 Å². The van der Waals surface area contributed by atoms with Crippen LogP contribution < -0.4 is 5.32 Å². The van der Waals surface area contributed by atoms with E-state index in [1.54, 1.807) is 24.3 Å². The molecule has 6 heteroatoms. The van der Waals surface area contributed by atoms with E-state index in [1.807, 2.05) is 0 Å². The number of anilines is 1. The highest BCUT2D eigenvalue weighted by molar-refractivity contribution is 6.35. The predicted molar refractivity (Wildman–Crippen MR) is 100.0 cm³/mol. The maximum absolute atomic E-state index is 12.8. The maximum atomic E-state index is 12.8. The Bertz CT molecular complexity index is 772. The van der Waals surface area contributed by atoms with Gasteiger partial charge in [-0.05, 0) is 36.0 Å². The Labute approximate surface area is 153 Å². The molecule has 1 aromatic carbocycles. The number of likely N-dealkylation sites (N-methyl/N-ethyl adjacent to an activating group) is 1. The summed E-state index contributed by atoms with van der Waals surface area (Å²) in [5, 5.41) is 2.71. The first kappa shape index (κ1) is 18.2. The van der Waals surface area contributed by atoms with Crippen LogP contribution in [0.1, 0.15) is 32.8 Å². The van der Waals surface area contributed by atoms with Crippen molar-refractivity contribution in [1.29, 1.82) is 0 Å². The number of nitrogens with zero attached hydrogens (tertiary/aromatic N) is 2. The second kappa shape index (κ2) is 6.94. The third kappa shape index (κ3) is 3.36. The molecule has 0 saturated carbocycles. The molecule has 2 atom stereocenters. The SMILES string of the molecule is CC(=O)Nc1ccc(C2=C(N3CC(C)CC(C)C3)C(=O)N(C)C2=O)cc1. The van der Waals surface area contributed by atoms with Gasteiger partial charge in [-0.15, -0.1) is 0 Å². The number of hydrogen-bond donors (Lipinski definition) is 1. The molecule has 0 radical (unpaired) electrons. The molecule has 2 aliphatic heterocycles. The molecule has 2 aliphatic rings. The molecule has 1 aromatic rings. The Kier molecular flexibility index (Phi) is 4.85. The summed E-state index contributed by atoms with van der Waals surface area (Å²) in [7, 11) is 1.53. The first-order valence-corrected chi connectivity index (χ1v) is 8.97. The average Bonchev–Trinajstić information content (AvgIpc) is 2.78. The van der Waals surface area contributed by atoms with E-state index in [2.05, 4.69) is 24.1 Å². The fourth-order valence-corrected chi connectivity index (χ4v) is 3.95. The highest BCUT2D eigenvalue weighted by Crippen LogP contribution is 2.34. The average molecular weight is 355 g/mol. The highest BCUT2D eigenvalue weighted by atomic mass is 16.2. The van der Waals surface area contributed by atoms with Crippen LogP contribution in [0, 0.1) is 11.8 Å². The van der Waals surface area contributed by atoms with Crippen molar-refractivity contribution in [3.63, 3.8) is 0 Å². The summed E-state index contributed by atoms with van der Waals surface area (Å²) in [5.74, 6) is 0.285. The van der Waals surface area contributed by atoms with Crippen LogP contribution in [0.3, 0.4) is 0 Å². The first-order chi connectivity index (χ1) is 12.3. The van der Waals surface area contributed by atoms with Crippen LogP contribution in [0.15, 0.2) is 30.0 Å². The van der Waals surface area contributed by atoms with E-state index in [-0.39, 0.29) is 17.7 Å². The number of piperidine rings is 1. The summed E-state index contributed by atoms with van der Waals surface area (Å²) in [6.07, 6.45) is 1.13. The van der Waals surface area contributed by atoms with Crippen LogP contribution in [0.4, 0.5) is 5.69 Å². The zero-order valence-electron chi connectivity index (χ0n) is 15.7. The number of carbonyl (C=O) groups is 3. The Balaban J connectivity index is 2.01. The number of likely N-dealkylation sites (tertiary alicyclic amines) is 1. The van der Waals surface area contributed by atoms with Crippen LogP contribution >= 0.6 is 0 Å². The van der Waals surface area contributed by atoms with Crippen molar-refractivity contribution in [3.8, 4) is 0 Å². The van der Waals surface area contributed by atoms with Crippen LogP contribution in [0.2, 0.25) is 0 Å². The number of rotatable bonds is 3. The van der Waals surface area contributed by atoms with Crippen molar-refractivity contribution in [2.24, 2.45) is 11.8 Å². The largest absolute Gasteiger partial charge is 0.366 e. The van der Waals surface area contributed by atoms with E-state index in [0.717, 1.165) is 19.5 Å². The minimum absolute atomic E-state index is 0.152. The molecular weight excluding hydrogens is 330 g/mol. The molecule has 0 bridgehead atoms. The van der Waals surface area contributed by atoms with Gasteiger partial charge in [0.1, 0.15) is 5.70 Å². The van der Waals surface area contributed by atoms with Gasteiger partial charge in [0.25, 0.3) is 11.8 Å². The zero-order chi connectivity index (χ0) is 19.0. The van der Waals surface area contributed by atoms with Gasteiger partial charge in [0.2, 0.25) is 5.91 Å². The van der Waals surface area contributed by atoms with Gasteiger partial charge in [0.15, 0.2) is 0 Å². The molecule has 3 amide bonds. The molecule has 0 aromatic heterocycles. The molecule has 1 N–H and O–H groups in total. The molecule has 2 unspecified atom stereocenters. The van der Waals surface area contributed by atoms with Crippen LogP contribution in [-0.2, 0) is 14.4 Å². The molecular formula is C20H25N3O3. The quantitative estimate of drug-likeness (QED) is 0.845. The van der Waals surface area contributed by atoms with Crippen LogP contribution in [0.5, 0.6) is 0 Å². The monoisotopic (exact) mass is 355 g/mol. The summed E-state index contributed by atoms with van der Waals surface area (Å²) >= 11 is 0. The lowest BCUT2D eigenvalue weighted by Crippen LogP contribution is -2.41. The van der Waals surface area contributed by atoms with Gasteiger partial charge in [-0.2, -0.15) is 0 Å². The molecule has 0 aliphatic carbocycles. The first-order valence-electron chi connectivity index (χ1n) is 8.97.